The Balaban J connectivity index is 2.01. The van der Waals surface area contributed by atoms with Crippen LogP contribution in [0, 0.1) is 6.92 Å². The average molecular weight is 332 g/mol. The summed E-state index contributed by atoms with van der Waals surface area (Å²) in [5, 5.41) is 6.84. The minimum absolute atomic E-state index is 0.229. The van der Waals surface area contributed by atoms with E-state index in [2.05, 4.69) is 22.5 Å². The van der Waals surface area contributed by atoms with Crippen LogP contribution in [0.1, 0.15) is 42.2 Å². The van der Waals surface area contributed by atoms with E-state index in [1.54, 1.807) is 24.4 Å². The van der Waals surface area contributed by atoms with Gasteiger partial charge in [0.15, 0.2) is 0 Å². The Morgan fingerprint density at radius 1 is 1.22 bits per heavy atom. The molecule has 2 aromatic rings. The zero-order valence-electron chi connectivity index (χ0n) is 13.5. The molecular formula is C18H22ClN3O. The van der Waals surface area contributed by atoms with Gasteiger partial charge in [-0.2, -0.15) is 0 Å². The zero-order chi connectivity index (χ0) is 16.7. The summed E-state index contributed by atoms with van der Waals surface area (Å²) in [7, 11) is 0. The van der Waals surface area contributed by atoms with Crippen LogP contribution in [0.15, 0.2) is 36.5 Å². The lowest BCUT2D eigenvalue weighted by molar-refractivity contribution is 0.102. The number of carbonyl (C=O) groups excluding carboxylic acids is 1. The van der Waals surface area contributed by atoms with Crippen molar-refractivity contribution in [2.24, 2.45) is 0 Å². The number of hydrogen-bond acceptors (Lipinski definition) is 3. The molecule has 0 unspecified atom stereocenters. The van der Waals surface area contributed by atoms with Crippen LogP contribution in [0.5, 0.6) is 0 Å². The molecule has 0 saturated heterocycles. The number of aromatic nitrogens is 1. The predicted molar refractivity (Wildman–Crippen MR) is 96.4 cm³/mol. The maximum Gasteiger partial charge on any atom is 0.274 e. The highest BCUT2D eigenvalue weighted by Crippen LogP contribution is 2.20. The van der Waals surface area contributed by atoms with Crippen LogP contribution in [0.25, 0.3) is 0 Å². The smallest absolute Gasteiger partial charge is 0.274 e. The van der Waals surface area contributed by atoms with Crippen molar-refractivity contribution in [2.75, 3.05) is 17.2 Å². The molecule has 0 saturated carbocycles. The number of rotatable bonds is 7. The van der Waals surface area contributed by atoms with Crippen LogP contribution in [0.3, 0.4) is 0 Å². The standard InChI is InChI=1S/C18H22ClN3O/c1-3-4-5-9-20-15-8-10-21-17(12-15)18(23)22-16-7-6-14(19)11-13(16)2/h6-8,10-12H,3-5,9H2,1-2H3,(H,20,21)(H,22,23). The van der Waals surface area contributed by atoms with E-state index in [4.69, 9.17) is 11.6 Å². The molecule has 1 heterocycles. The summed E-state index contributed by atoms with van der Waals surface area (Å²) < 4.78 is 0. The first-order valence-electron chi connectivity index (χ1n) is 7.87. The number of nitrogens with zero attached hydrogens (tertiary/aromatic N) is 1. The van der Waals surface area contributed by atoms with Gasteiger partial charge >= 0.3 is 0 Å². The number of unbranched alkanes of at least 4 members (excludes halogenated alkanes) is 2. The van der Waals surface area contributed by atoms with Crippen molar-refractivity contribution in [1.29, 1.82) is 0 Å². The third-order valence-electron chi connectivity index (χ3n) is 3.54. The lowest BCUT2D eigenvalue weighted by Gasteiger charge is -2.10. The van der Waals surface area contributed by atoms with Gasteiger partial charge in [0.2, 0.25) is 0 Å². The molecule has 1 aromatic carbocycles. The van der Waals surface area contributed by atoms with Gasteiger partial charge in [0.1, 0.15) is 5.69 Å². The van der Waals surface area contributed by atoms with Crippen LogP contribution in [-0.2, 0) is 0 Å². The number of aryl methyl sites for hydroxylation is 1. The normalized spacial score (nSPS) is 10.4. The quantitative estimate of drug-likeness (QED) is 0.710. The van der Waals surface area contributed by atoms with Gasteiger partial charge in [0.25, 0.3) is 5.91 Å². The highest BCUT2D eigenvalue weighted by Gasteiger charge is 2.10. The van der Waals surface area contributed by atoms with Crippen LogP contribution in [0.4, 0.5) is 11.4 Å². The van der Waals surface area contributed by atoms with Crippen molar-refractivity contribution < 1.29 is 4.79 Å². The molecule has 2 rings (SSSR count). The van der Waals surface area contributed by atoms with Crippen molar-refractivity contribution in [1.82, 2.24) is 4.98 Å². The van der Waals surface area contributed by atoms with E-state index in [9.17, 15) is 4.79 Å². The topological polar surface area (TPSA) is 54.0 Å². The van der Waals surface area contributed by atoms with Gasteiger partial charge in [-0.1, -0.05) is 31.4 Å². The lowest BCUT2D eigenvalue weighted by Crippen LogP contribution is -2.15. The van der Waals surface area contributed by atoms with Crippen LogP contribution >= 0.6 is 11.6 Å². The fourth-order valence-electron chi connectivity index (χ4n) is 2.23. The molecule has 1 amide bonds. The second kappa shape index (κ2) is 8.53. The third-order valence-corrected chi connectivity index (χ3v) is 3.77. The van der Waals surface area contributed by atoms with Crippen molar-refractivity contribution in [3.05, 3.63) is 52.8 Å². The molecular weight excluding hydrogens is 310 g/mol. The van der Waals surface area contributed by atoms with Gasteiger partial charge < -0.3 is 10.6 Å². The van der Waals surface area contributed by atoms with E-state index in [1.165, 1.54) is 12.8 Å². The summed E-state index contributed by atoms with van der Waals surface area (Å²) in [6.45, 7) is 4.98. The summed E-state index contributed by atoms with van der Waals surface area (Å²) in [5.74, 6) is -0.229. The predicted octanol–water partition coefficient (Wildman–Crippen LogP) is 4.90. The first-order chi connectivity index (χ1) is 11.1. The highest BCUT2D eigenvalue weighted by atomic mass is 35.5. The minimum atomic E-state index is -0.229. The van der Waals surface area contributed by atoms with E-state index >= 15 is 0 Å². The molecule has 0 spiro atoms. The number of nitrogens with one attached hydrogen (secondary N) is 2. The van der Waals surface area contributed by atoms with Crippen LogP contribution in [-0.4, -0.2) is 17.4 Å². The van der Waals surface area contributed by atoms with E-state index < -0.39 is 0 Å². The zero-order valence-corrected chi connectivity index (χ0v) is 14.3. The number of pyridine rings is 1. The van der Waals surface area contributed by atoms with Gasteiger partial charge in [-0.05, 0) is 49.2 Å². The van der Waals surface area contributed by atoms with E-state index in [1.807, 2.05) is 19.1 Å². The number of hydrogen-bond donors (Lipinski definition) is 2. The second-order valence-corrected chi connectivity index (χ2v) is 5.91. The summed E-state index contributed by atoms with van der Waals surface area (Å²) >= 11 is 5.93. The molecule has 5 heteroatoms. The molecule has 23 heavy (non-hydrogen) atoms. The first-order valence-corrected chi connectivity index (χ1v) is 8.25. The van der Waals surface area contributed by atoms with Gasteiger partial charge in [-0.3, -0.25) is 9.78 Å². The maximum atomic E-state index is 12.3. The summed E-state index contributed by atoms with van der Waals surface area (Å²) in [4.78, 5) is 16.5. The van der Waals surface area contributed by atoms with Gasteiger partial charge in [0.05, 0.1) is 0 Å². The number of halogens is 1. The van der Waals surface area contributed by atoms with Gasteiger partial charge in [0, 0.05) is 29.1 Å². The number of benzene rings is 1. The Hall–Kier alpha value is -2.07. The van der Waals surface area contributed by atoms with E-state index in [-0.39, 0.29) is 5.91 Å². The molecule has 1 aromatic heterocycles. The lowest BCUT2D eigenvalue weighted by atomic mass is 10.2. The molecule has 0 aliphatic carbocycles. The molecule has 0 aliphatic rings. The summed E-state index contributed by atoms with van der Waals surface area (Å²) in [5.41, 5.74) is 2.95. The largest absolute Gasteiger partial charge is 0.385 e. The third kappa shape index (κ3) is 5.25. The van der Waals surface area contributed by atoms with E-state index in [0.717, 1.165) is 29.9 Å². The molecule has 122 valence electrons. The molecule has 2 N–H and O–H groups in total. The van der Waals surface area contributed by atoms with Crippen molar-refractivity contribution >= 4 is 28.9 Å². The van der Waals surface area contributed by atoms with Crippen molar-refractivity contribution in [2.45, 2.75) is 33.1 Å². The Morgan fingerprint density at radius 2 is 2.04 bits per heavy atom. The molecule has 0 radical (unpaired) electrons. The monoisotopic (exact) mass is 331 g/mol. The Morgan fingerprint density at radius 3 is 2.78 bits per heavy atom. The molecule has 0 atom stereocenters. The fourth-order valence-corrected chi connectivity index (χ4v) is 2.45. The molecule has 0 fully saturated rings. The molecule has 0 bridgehead atoms. The van der Waals surface area contributed by atoms with Crippen LogP contribution in [0.2, 0.25) is 5.02 Å². The number of carbonyl (C=O) groups is 1. The summed E-state index contributed by atoms with van der Waals surface area (Å²) in [6.07, 6.45) is 5.14. The number of anilines is 2. The van der Waals surface area contributed by atoms with Gasteiger partial charge in [-0.15, -0.1) is 0 Å². The highest BCUT2D eigenvalue weighted by molar-refractivity contribution is 6.30. The number of amides is 1. The first kappa shape index (κ1) is 17.3. The SMILES string of the molecule is CCCCCNc1ccnc(C(=O)Nc2ccc(Cl)cc2C)c1. The van der Waals surface area contributed by atoms with Crippen LogP contribution < -0.4 is 10.6 Å². The Bertz CT molecular complexity index is 673. The molecule has 0 aliphatic heterocycles. The second-order valence-electron chi connectivity index (χ2n) is 5.48. The minimum Gasteiger partial charge on any atom is -0.385 e. The van der Waals surface area contributed by atoms with Crippen molar-refractivity contribution in [3.8, 4) is 0 Å². The molecule has 4 nitrogen and oxygen atoms in total. The Kier molecular flexibility index (Phi) is 6.41. The summed E-state index contributed by atoms with van der Waals surface area (Å²) in [6, 6.07) is 9.00. The fraction of sp³-hybridized carbons (Fsp3) is 0.333. The Labute approximate surface area is 142 Å². The van der Waals surface area contributed by atoms with Crippen molar-refractivity contribution in [3.63, 3.8) is 0 Å². The maximum absolute atomic E-state index is 12.3. The van der Waals surface area contributed by atoms with Gasteiger partial charge in [-0.25, -0.2) is 0 Å². The average Bonchev–Trinajstić information content (AvgIpc) is 2.54. The van der Waals surface area contributed by atoms with E-state index in [0.29, 0.717) is 10.7 Å².